The number of ether oxygens (including phenoxy) is 1. The summed E-state index contributed by atoms with van der Waals surface area (Å²) in [6.07, 6.45) is 0.848. The molecule has 2 atom stereocenters. The van der Waals surface area contributed by atoms with Gasteiger partial charge in [-0.1, -0.05) is 28.1 Å². The van der Waals surface area contributed by atoms with Crippen LogP contribution in [0.5, 0.6) is 0 Å². The van der Waals surface area contributed by atoms with E-state index in [4.69, 9.17) is 9.84 Å². The number of carbonyl (C=O) groups is 1. The van der Waals surface area contributed by atoms with E-state index in [1.165, 1.54) is 5.56 Å². The van der Waals surface area contributed by atoms with Gasteiger partial charge in [0.25, 0.3) is 0 Å². The molecule has 4 nitrogen and oxygen atoms in total. The Bertz CT molecular complexity index is 435. The van der Waals surface area contributed by atoms with Crippen LogP contribution in [-0.4, -0.2) is 41.8 Å². The summed E-state index contributed by atoms with van der Waals surface area (Å²) < 4.78 is 6.57. The summed E-state index contributed by atoms with van der Waals surface area (Å²) in [6, 6.07) is 8.21. The minimum absolute atomic E-state index is 0.0292. The first-order chi connectivity index (χ1) is 9.04. The third kappa shape index (κ3) is 4.30. The molecule has 0 bridgehead atoms. The van der Waals surface area contributed by atoms with Crippen LogP contribution in [0.15, 0.2) is 28.7 Å². The van der Waals surface area contributed by atoms with Gasteiger partial charge in [-0.25, -0.2) is 4.79 Å². The van der Waals surface area contributed by atoms with Crippen LogP contribution in [0.2, 0.25) is 0 Å². The fourth-order valence-electron chi connectivity index (χ4n) is 2.34. The summed E-state index contributed by atoms with van der Waals surface area (Å²) in [4.78, 5) is 13.0. The topological polar surface area (TPSA) is 49.8 Å². The van der Waals surface area contributed by atoms with Crippen LogP contribution in [-0.2, 0) is 16.1 Å². The van der Waals surface area contributed by atoms with Crippen molar-refractivity contribution < 1.29 is 14.6 Å². The molecule has 0 radical (unpaired) electrons. The summed E-state index contributed by atoms with van der Waals surface area (Å²) in [5.74, 6) is -0.849. The average molecular weight is 328 g/mol. The van der Waals surface area contributed by atoms with Gasteiger partial charge in [-0.15, -0.1) is 0 Å². The largest absolute Gasteiger partial charge is 0.479 e. The van der Waals surface area contributed by atoms with Crippen molar-refractivity contribution >= 4 is 21.9 Å². The lowest BCUT2D eigenvalue weighted by Crippen LogP contribution is -2.30. The normalized spacial score (nSPS) is 22.9. The van der Waals surface area contributed by atoms with Gasteiger partial charge in [0.1, 0.15) is 0 Å². The monoisotopic (exact) mass is 327 g/mol. The number of hydrogen-bond donors (Lipinski definition) is 1. The molecule has 2 unspecified atom stereocenters. The van der Waals surface area contributed by atoms with Crippen LogP contribution in [0.3, 0.4) is 0 Å². The van der Waals surface area contributed by atoms with Gasteiger partial charge in [0.2, 0.25) is 0 Å². The van der Waals surface area contributed by atoms with Crippen LogP contribution in [0.4, 0.5) is 0 Å². The van der Waals surface area contributed by atoms with E-state index >= 15 is 0 Å². The second-order valence-corrected chi connectivity index (χ2v) is 5.90. The number of benzene rings is 1. The van der Waals surface area contributed by atoms with E-state index < -0.39 is 12.1 Å². The first-order valence-electron chi connectivity index (χ1n) is 6.36. The van der Waals surface area contributed by atoms with Gasteiger partial charge in [0, 0.05) is 17.6 Å². The van der Waals surface area contributed by atoms with Crippen LogP contribution in [0, 0.1) is 0 Å². The zero-order valence-corrected chi connectivity index (χ0v) is 12.5. The molecule has 1 saturated heterocycles. The quantitative estimate of drug-likeness (QED) is 0.902. The van der Waals surface area contributed by atoms with Crippen molar-refractivity contribution in [1.29, 1.82) is 0 Å². The highest BCUT2D eigenvalue weighted by Crippen LogP contribution is 2.21. The van der Waals surface area contributed by atoms with Gasteiger partial charge < -0.3 is 9.84 Å². The number of carboxylic acid groups (broad SMARTS) is 1. The van der Waals surface area contributed by atoms with Gasteiger partial charge in [0.15, 0.2) is 6.10 Å². The Kier molecular flexibility index (Phi) is 4.96. The van der Waals surface area contributed by atoms with E-state index in [2.05, 4.69) is 33.0 Å². The average Bonchev–Trinajstić information content (AvgIpc) is 2.80. The van der Waals surface area contributed by atoms with Crippen LogP contribution < -0.4 is 0 Å². The summed E-state index contributed by atoms with van der Waals surface area (Å²) in [5.41, 5.74) is 1.23. The molecule has 1 N–H and O–H groups in total. The van der Waals surface area contributed by atoms with Crippen molar-refractivity contribution in [2.45, 2.75) is 31.6 Å². The molecule has 0 amide bonds. The predicted molar refractivity (Wildman–Crippen MR) is 76.0 cm³/mol. The second kappa shape index (κ2) is 6.50. The van der Waals surface area contributed by atoms with Gasteiger partial charge in [-0.3, -0.25) is 4.90 Å². The van der Waals surface area contributed by atoms with E-state index in [1.54, 1.807) is 0 Å². The molecule has 1 heterocycles. The van der Waals surface area contributed by atoms with Gasteiger partial charge in [-0.05, 0) is 37.6 Å². The maximum atomic E-state index is 10.8. The maximum Gasteiger partial charge on any atom is 0.332 e. The van der Waals surface area contributed by atoms with E-state index in [1.807, 2.05) is 19.2 Å². The Morgan fingerprint density at radius 1 is 1.42 bits per heavy atom. The predicted octanol–water partition coefficient (Wildman–Crippen LogP) is 2.51. The third-order valence-electron chi connectivity index (χ3n) is 3.26. The van der Waals surface area contributed by atoms with Gasteiger partial charge in [-0.2, -0.15) is 0 Å². The number of aliphatic carboxylic acids is 1. The van der Waals surface area contributed by atoms with Crippen molar-refractivity contribution in [2.75, 3.05) is 13.6 Å². The molecule has 0 saturated carbocycles. The molecule has 0 spiro atoms. The molecular weight excluding hydrogens is 310 g/mol. The Morgan fingerprint density at radius 3 is 2.68 bits per heavy atom. The molecule has 1 aliphatic rings. The Labute approximate surface area is 121 Å². The highest BCUT2D eigenvalue weighted by Gasteiger charge is 2.30. The summed E-state index contributed by atoms with van der Waals surface area (Å²) in [6.45, 7) is 1.60. The molecule has 1 aromatic carbocycles. The molecule has 0 aromatic heterocycles. The number of hydrogen-bond acceptors (Lipinski definition) is 3. The highest BCUT2D eigenvalue weighted by atomic mass is 79.9. The summed E-state index contributed by atoms with van der Waals surface area (Å²) in [5, 5.41) is 8.88. The molecule has 1 aliphatic heterocycles. The van der Waals surface area contributed by atoms with E-state index in [0.717, 1.165) is 24.0 Å². The second-order valence-electron chi connectivity index (χ2n) is 4.99. The minimum atomic E-state index is -0.849. The Hall–Kier alpha value is -0.910. The summed E-state index contributed by atoms with van der Waals surface area (Å²) in [7, 11) is 2.03. The standard InChI is InChI=1S/C14H18BrNO3/c1-16(8-10-2-4-11(15)5-3-10)9-12-6-7-13(19-12)14(17)18/h2-5,12-13H,6-9H2,1H3,(H,17,18). The lowest BCUT2D eigenvalue weighted by atomic mass is 10.1. The van der Waals surface area contributed by atoms with Crippen molar-refractivity contribution in [2.24, 2.45) is 0 Å². The molecule has 104 valence electrons. The molecule has 1 fully saturated rings. The molecule has 19 heavy (non-hydrogen) atoms. The third-order valence-corrected chi connectivity index (χ3v) is 3.79. The molecule has 1 aromatic rings. The number of halogens is 1. The number of likely N-dealkylation sites (N-methyl/N-ethyl adjacent to an activating group) is 1. The Balaban J connectivity index is 1.80. The summed E-state index contributed by atoms with van der Waals surface area (Å²) >= 11 is 3.41. The maximum absolute atomic E-state index is 10.8. The van der Waals surface area contributed by atoms with E-state index in [9.17, 15) is 4.79 Å². The van der Waals surface area contributed by atoms with Crippen molar-refractivity contribution in [3.05, 3.63) is 34.3 Å². The lowest BCUT2D eigenvalue weighted by molar-refractivity contribution is -0.149. The molecular formula is C14H18BrNO3. The van der Waals surface area contributed by atoms with Crippen LogP contribution in [0.1, 0.15) is 18.4 Å². The molecule has 0 aliphatic carbocycles. The van der Waals surface area contributed by atoms with Crippen LogP contribution in [0.25, 0.3) is 0 Å². The number of nitrogens with zero attached hydrogens (tertiary/aromatic N) is 1. The van der Waals surface area contributed by atoms with Gasteiger partial charge >= 0.3 is 5.97 Å². The van der Waals surface area contributed by atoms with Crippen LogP contribution >= 0.6 is 15.9 Å². The fraction of sp³-hybridized carbons (Fsp3) is 0.500. The zero-order chi connectivity index (χ0) is 13.8. The van der Waals surface area contributed by atoms with Crippen molar-refractivity contribution in [3.63, 3.8) is 0 Å². The first kappa shape index (κ1) is 14.5. The minimum Gasteiger partial charge on any atom is -0.479 e. The Morgan fingerprint density at radius 2 is 2.11 bits per heavy atom. The smallest absolute Gasteiger partial charge is 0.332 e. The van der Waals surface area contributed by atoms with E-state index in [-0.39, 0.29) is 6.10 Å². The number of rotatable bonds is 5. The van der Waals surface area contributed by atoms with Crippen molar-refractivity contribution in [1.82, 2.24) is 4.90 Å². The van der Waals surface area contributed by atoms with Crippen molar-refractivity contribution in [3.8, 4) is 0 Å². The zero-order valence-electron chi connectivity index (χ0n) is 10.9. The number of carboxylic acids is 1. The molecule has 2 rings (SSSR count). The van der Waals surface area contributed by atoms with Gasteiger partial charge in [0.05, 0.1) is 6.10 Å². The first-order valence-corrected chi connectivity index (χ1v) is 7.15. The van der Waals surface area contributed by atoms with E-state index in [0.29, 0.717) is 6.42 Å². The highest BCUT2D eigenvalue weighted by molar-refractivity contribution is 9.10. The SMILES string of the molecule is CN(Cc1ccc(Br)cc1)CC1CCC(C(=O)O)O1. The lowest BCUT2D eigenvalue weighted by Gasteiger charge is -2.21. The molecule has 5 heteroatoms. The fourth-order valence-corrected chi connectivity index (χ4v) is 2.60.